The van der Waals surface area contributed by atoms with Crippen LogP contribution in [0.5, 0.6) is 23.0 Å². The Morgan fingerprint density at radius 1 is 1.00 bits per heavy atom. The van der Waals surface area contributed by atoms with Crippen LogP contribution in [-0.4, -0.2) is 33.5 Å². The van der Waals surface area contributed by atoms with Crippen molar-refractivity contribution < 1.29 is 23.7 Å². The molecule has 0 aliphatic carbocycles. The second-order valence-electron chi connectivity index (χ2n) is 7.14. The highest BCUT2D eigenvalue weighted by atomic mass is 16.6. The minimum atomic E-state index is -0.242. The molecule has 7 heteroatoms. The fourth-order valence-electron chi connectivity index (χ4n) is 3.25. The molecule has 1 atom stereocenters. The topological polar surface area (TPSA) is 78.1 Å². The van der Waals surface area contributed by atoms with E-state index in [9.17, 15) is 4.79 Å². The van der Waals surface area contributed by atoms with E-state index in [0.717, 1.165) is 16.9 Å². The van der Waals surface area contributed by atoms with E-state index < -0.39 is 0 Å². The Morgan fingerprint density at radius 2 is 1.72 bits per heavy atom. The summed E-state index contributed by atoms with van der Waals surface area (Å²) in [4.78, 5) is 12.5. The van der Waals surface area contributed by atoms with Crippen LogP contribution in [-0.2, 0) is 6.54 Å². The van der Waals surface area contributed by atoms with Crippen LogP contribution >= 0.6 is 0 Å². The van der Waals surface area contributed by atoms with Crippen molar-refractivity contribution in [2.45, 2.75) is 26.4 Å². The first-order chi connectivity index (χ1) is 14.0. The summed E-state index contributed by atoms with van der Waals surface area (Å²) in [7, 11) is 3.18. The number of ether oxygens (including phenoxy) is 4. The number of benzene rings is 2. The van der Waals surface area contributed by atoms with Crippen LogP contribution in [0.25, 0.3) is 0 Å². The lowest BCUT2D eigenvalue weighted by atomic mass is 9.95. The van der Waals surface area contributed by atoms with Crippen molar-refractivity contribution in [1.29, 1.82) is 0 Å². The number of nitrogens with one attached hydrogen (secondary N) is 2. The van der Waals surface area contributed by atoms with E-state index in [2.05, 4.69) is 24.5 Å². The van der Waals surface area contributed by atoms with Crippen LogP contribution in [0, 0.1) is 5.92 Å². The van der Waals surface area contributed by atoms with Crippen molar-refractivity contribution >= 4 is 6.03 Å². The molecule has 0 saturated carbocycles. The highest BCUT2D eigenvalue weighted by molar-refractivity contribution is 5.74. The van der Waals surface area contributed by atoms with Gasteiger partial charge in [0.25, 0.3) is 0 Å². The van der Waals surface area contributed by atoms with Crippen LogP contribution in [0.1, 0.15) is 31.0 Å². The minimum Gasteiger partial charge on any atom is -0.493 e. The van der Waals surface area contributed by atoms with Crippen LogP contribution in [0.4, 0.5) is 4.79 Å². The average molecular weight is 400 g/mol. The molecule has 0 aromatic heterocycles. The van der Waals surface area contributed by atoms with Crippen molar-refractivity contribution in [1.82, 2.24) is 10.6 Å². The molecular weight excluding hydrogens is 372 g/mol. The number of fused-ring (bicyclic) bond motifs is 1. The molecule has 1 aliphatic rings. The summed E-state index contributed by atoms with van der Waals surface area (Å²) in [5.41, 5.74) is 1.89. The minimum absolute atomic E-state index is 0.156. The average Bonchev–Trinajstić information content (AvgIpc) is 2.75. The number of carbonyl (C=O) groups excluding carboxylic acids is 1. The lowest BCUT2D eigenvalue weighted by Crippen LogP contribution is -2.39. The Labute approximate surface area is 171 Å². The zero-order valence-corrected chi connectivity index (χ0v) is 17.3. The zero-order valence-electron chi connectivity index (χ0n) is 17.3. The molecule has 156 valence electrons. The molecule has 7 nitrogen and oxygen atoms in total. The summed E-state index contributed by atoms with van der Waals surface area (Å²) in [6.07, 6.45) is 0. The molecule has 0 unspecified atom stereocenters. The van der Waals surface area contributed by atoms with E-state index in [1.165, 1.54) is 0 Å². The molecule has 1 heterocycles. The van der Waals surface area contributed by atoms with Crippen molar-refractivity contribution in [3.8, 4) is 23.0 Å². The van der Waals surface area contributed by atoms with Gasteiger partial charge in [-0.1, -0.05) is 26.0 Å². The fraction of sp³-hybridized carbons (Fsp3) is 0.409. The van der Waals surface area contributed by atoms with Gasteiger partial charge in [-0.2, -0.15) is 0 Å². The van der Waals surface area contributed by atoms with E-state index in [1.54, 1.807) is 14.2 Å². The van der Waals surface area contributed by atoms with Crippen molar-refractivity contribution in [2.24, 2.45) is 5.92 Å². The van der Waals surface area contributed by atoms with E-state index in [-0.39, 0.29) is 18.0 Å². The molecule has 0 radical (unpaired) electrons. The summed E-state index contributed by atoms with van der Waals surface area (Å²) in [6, 6.07) is 11.0. The van der Waals surface area contributed by atoms with Gasteiger partial charge in [0.15, 0.2) is 23.0 Å². The Morgan fingerprint density at radius 3 is 2.41 bits per heavy atom. The molecule has 0 spiro atoms. The van der Waals surface area contributed by atoms with Crippen molar-refractivity contribution in [3.63, 3.8) is 0 Å². The monoisotopic (exact) mass is 400 g/mol. The van der Waals surface area contributed by atoms with Gasteiger partial charge in [-0.05, 0) is 41.3 Å². The SMILES string of the molecule is COc1ccc(CNC(=O)N[C@@H](c2ccc3c(c2)OCCO3)C(C)C)cc1OC. The van der Waals surface area contributed by atoms with Crippen molar-refractivity contribution in [2.75, 3.05) is 27.4 Å². The maximum absolute atomic E-state index is 12.5. The van der Waals surface area contributed by atoms with Crippen LogP contribution in [0.15, 0.2) is 36.4 Å². The second-order valence-corrected chi connectivity index (χ2v) is 7.14. The summed E-state index contributed by atoms with van der Waals surface area (Å²) in [5.74, 6) is 2.93. The number of hydrogen-bond acceptors (Lipinski definition) is 5. The standard InChI is InChI=1S/C22H28N2O5/c1-14(2)21(16-6-8-18-20(12-16)29-10-9-28-18)24-22(25)23-13-15-5-7-17(26-3)19(11-15)27-4/h5-8,11-12,14,21H,9-10,13H2,1-4H3,(H2,23,24,25)/t21-/m1/s1. The van der Waals surface area contributed by atoms with Gasteiger partial charge in [-0.15, -0.1) is 0 Å². The zero-order chi connectivity index (χ0) is 20.8. The summed E-state index contributed by atoms with van der Waals surface area (Å²) >= 11 is 0. The summed E-state index contributed by atoms with van der Waals surface area (Å²) < 4.78 is 21.8. The van der Waals surface area contributed by atoms with Gasteiger partial charge in [-0.3, -0.25) is 0 Å². The third-order valence-electron chi connectivity index (χ3n) is 4.78. The number of carbonyl (C=O) groups is 1. The van der Waals surface area contributed by atoms with Gasteiger partial charge in [0.05, 0.1) is 20.3 Å². The van der Waals surface area contributed by atoms with Gasteiger partial charge >= 0.3 is 6.03 Å². The van der Waals surface area contributed by atoms with Gasteiger partial charge < -0.3 is 29.6 Å². The third-order valence-corrected chi connectivity index (χ3v) is 4.78. The van der Waals surface area contributed by atoms with E-state index in [1.807, 2.05) is 36.4 Å². The maximum Gasteiger partial charge on any atom is 0.315 e. The van der Waals surface area contributed by atoms with E-state index in [4.69, 9.17) is 18.9 Å². The lowest BCUT2D eigenvalue weighted by Gasteiger charge is -2.25. The molecule has 3 rings (SSSR count). The van der Waals surface area contributed by atoms with E-state index >= 15 is 0 Å². The molecule has 29 heavy (non-hydrogen) atoms. The Balaban J connectivity index is 1.64. The molecular formula is C22H28N2O5. The van der Waals surface area contributed by atoms with Gasteiger partial charge in [0.1, 0.15) is 13.2 Å². The summed E-state index contributed by atoms with van der Waals surface area (Å²) in [6.45, 7) is 5.59. The molecule has 2 aromatic carbocycles. The predicted octanol–water partition coefficient (Wildman–Crippen LogP) is 3.67. The smallest absolute Gasteiger partial charge is 0.315 e. The normalized spacial score (nSPS) is 13.6. The summed E-state index contributed by atoms with van der Waals surface area (Å²) in [5, 5.41) is 5.96. The predicted molar refractivity (Wildman–Crippen MR) is 110 cm³/mol. The molecule has 0 saturated heterocycles. The number of amides is 2. The number of hydrogen-bond donors (Lipinski definition) is 2. The quantitative estimate of drug-likeness (QED) is 0.741. The first-order valence-corrected chi connectivity index (χ1v) is 9.66. The maximum atomic E-state index is 12.5. The molecule has 2 amide bonds. The Bertz CT molecular complexity index is 853. The molecule has 0 fully saturated rings. The van der Waals surface area contributed by atoms with Crippen LogP contribution in [0.3, 0.4) is 0 Å². The van der Waals surface area contributed by atoms with Crippen LogP contribution in [0.2, 0.25) is 0 Å². The van der Waals surface area contributed by atoms with Gasteiger partial charge in [0, 0.05) is 6.54 Å². The first kappa shape index (κ1) is 20.6. The Hall–Kier alpha value is -3.09. The van der Waals surface area contributed by atoms with Crippen molar-refractivity contribution in [3.05, 3.63) is 47.5 Å². The molecule has 0 bridgehead atoms. The molecule has 1 aliphatic heterocycles. The highest BCUT2D eigenvalue weighted by Gasteiger charge is 2.21. The van der Waals surface area contributed by atoms with Crippen LogP contribution < -0.4 is 29.6 Å². The first-order valence-electron chi connectivity index (χ1n) is 9.66. The molecule has 2 aromatic rings. The highest BCUT2D eigenvalue weighted by Crippen LogP contribution is 2.34. The lowest BCUT2D eigenvalue weighted by molar-refractivity contribution is 0.171. The van der Waals surface area contributed by atoms with Gasteiger partial charge in [0.2, 0.25) is 0 Å². The fourth-order valence-corrected chi connectivity index (χ4v) is 3.25. The number of methoxy groups -OCH3 is 2. The number of urea groups is 1. The van der Waals surface area contributed by atoms with E-state index in [0.29, 0.717) is 37.0 Å². The third kappa shape index (κ3) is 5.04. The largest absolute Gasteiger partial charge is 0.493 e. The molecule has 2 N–H and O–H groups in total. The second kappa shape index (κ2) is 9.41. The number of rotatable bonds is 7. The Kier molecular flexibility index (Phi) is 6.69. The van der Waals surface area contributed by atoms with Gasteiger partial charge in [-0.25, -0.2) is 4.79 Å².